The minimum atomic E-state index is -3.92. The summed E-state index contributed by atoms with van der Waals surface area (Å²) >= 11 is 4.32. The lowest BCUT2D eigenvalue weighted by atomic mass is 10.2. The molecule has 1 saturated heterocycles. The van der Waals surface area contributed by atoms with Crippen molar-refractivity contribution in [2.45, 2.75) is 11.8 Å². The van der Waals surface area contributed by atoms with Crippen molar-refractivity contribution in [3.63, 3.8) is 0 Å². The molecule has 0 N–H and O–H groups in total. The summed E-state index contributed by atoms with van der Waals surface area (Å²) in [6.45, 7) is 2.09. The van der Waals surface area contributed by atoms with Gasteiger partial charge in [-0.05, 0) is 66.7 Å². The molecular formula is C19H17BrN2O4S2. The highest BCUT2D eigenvalue weighted by Crippen LogP contribution is 2.33. The Labute approximate surface area is 176 Å². The van der Waals surface area contributed by atoms with Crippen LogP contribution in [-0.4, -0.2) is 38.0 Å². The molecule has 1 aliphatic heterocycles. The fourth-order valence-electron chi connectivity index (χ4n) is 2.47. The van der Waals surface area contributed by atoms with E-state index in [-0.39, 0.29) is 16.0 Å². The number of carbonyl (C=O) groups excluding carboxylic acids is 1. The molecule has 9 heteroatoms. The predicted molar refractivity (Wildman–Crippen MR) is 115 cm³/mol. The van der Waals surface area contributed by atoms with Crippen molar-refractivity contribution in [3.8, 4) is 5.75 Å². The number of ether oxygens (including phenoxy) is 1. The summed E-state index contributed by atoms with van der Waals surface area (Å²) in [7, 11) is -2.34. The van der Waals surface area contributed by atoms with Crippen LogP contribution in [0.15, 0.2) is 67.2 Å². The summed E-state index contributed by atoms with van der Waals surface area (Å²) in [6, 6.07) is 13.4. The lowest BCUT2D eigenvalue weighted by Gasteiger charge is -2.11. The first-order valence-electron chi connectivity index (χ1n) is 8.30. The van der Waals surface area contributed by atoms with Gasteiger partial charge in [-0.25, -0.2) is 0 Å². The Balaban J connectivity index is 1.93. The number of amides is 1. The number of carbonyl (C=O) groups is 1. The van der Waals surface area contributed by atoms with Gasteiger partial charge < -0.3 is 4.74 Å². The van der Waals surface area contributed by atoms with E-state index in [9.17, 15) is 13.2 Å². The molecule has 146 valence electrons. The molecule has 1 heterocycles. The number of hydrogen-bond donors (Lipinski definition) is 0. The minimum Gasteiger partial charge on any atom is -0.497 e. The third-order valence-corrected chi connectivity index (χ3v) is 6.86. The molecule has 0 saturated carbocycles. The third kappa shape index (κ3) is 4.48. The van der Waals surface area contributed by atoms with Crippen molar-refractivity contribution in [3.05, 3.63) is 63.5 Å². The molecule has 1 amide bonds. The van der Waals surface area contributed by atoms with Crippen LogP contribution >= 0.6 is 27.7 Å². The zero-order valence-electron chi connectivity index (χ0n) is 15.1. The maximum absolute atomic E-state index is 12.7. The number of sulfonamides is 1. The number of rotatable bonds is 5. The molecule has 6 nitrogen and oxygen atoms in total. The summed E-state index contributed by atoms with van der Waals surface area (Å²) in [5.41, 5.74) is 0.810. The molecule has 1 fully saturated rings. The number of nitrogens with zero attached hydrogens (tertiary/aromatic N) is 2. The quantitative estimate of drug-likeness (QED) is 0.601. The molecule has 3 rings (SSSR count). The zero-order chi connectivity index (χ0) is 20.3. The molecule has 1 aliphatic rings. The summed E-state index contributed by atoms with van der Waals surface area (Å²) < 4.78 is 35.0. The highest BCUT2D eigenvalue weighted by Gasteiger charge is 2.34. The van der Waals surface area contributed by atoms with Gasteiger partial charge in [0, 0.05) is 11.0 Å². The van der Waals surface area contributed by atoms with Gasteiger partial charge in [-0.1, -0.05) is 28.1 Å². The Morgan fingerprint density at radius 2 is 1.79 bits per heavy atom. The Morgan fingerprint density at radius 1 is 1.14 bits per heavy atom. The Kier molecular flexibility index (Phi) is 6.26. The second-order valence-electron chi connectivity index (χ2n) is 5.74. The molecule has 28 heavy (non-hydrogen) atoms. The highest BCUT2D eigenvalue weighted by molar-refractivity contribution is 9.10. The van der Waals surface area contributed by atoms with Crippen LogP contribution in [0.25, 0.3) is 6.08 Å². The largest absolute Gasteiger partial charge is 0.497 e. The topological polar surface area (TPSA) is 76.0 Å². The van der Waals surface area contributed by atoms with E-state index in [1.54, 1.807) is 44.4 Å². The maximum Gasteiger partial charge on any atom is 0.284 e. The van der Waals surface area contributed by atoms with Gasteiger partial charge in [-0.2, -0.15) is 8.42 Å². The maximum atomic E-state index is 12.7. The number of thioether (sulfide) groups is 1. The number of amidine groups is 1. The lowest BCUT2D eigenvalue weighted by Crippen LogP contribution is -2.29. The van der Waals surface area contributed by atoms with E-state index in [1.807, 2.05) is 12.1 Å². The lowest BCUT2D eigenvalue weighted by molar-refractivity contribution is -0.122. The van der Waals surface area contributed by atoms with E-state index in [0.717, 1.165) is 21.8 Å². The summed E-state index contributed by atoms with van der Waals surface area (Å²) in [6.07, 6.45) is 1.71. The average Bonchev–Trinajstić information content (AvgIpc) is 2.96. The molecule has 0 bridgehead atoms. The van der Waals surface area contributed by atoms with Crippen molar-refractivity contribution in [1.29, 1.82) is 0 Å². The zero-order valence-corrected chi connectivity index (χ0v) is 18.3. The van der Waals surface area contributed by atoms with Crippen LogP contribution in [-0.2, 0) is 14.8 Å². The Hall–Kier alpha value is -2.10. The van der Waals surface area contributed by atoms with E-state index in [1.165, 1.54) is 17.0 Å². The van der Waals surface area contributed by atoms with Crippen LogP contribution in [0.3, 0.4) is 0 Å². The van der Waals surface area contributed by atoms with Crippen molar-refractivity contribution < 1.29 is 17.9 Å². The molecule has 0 aliphatic carbocycles. The van der Waals surface area contributed by atoms with Crippen molar-refractivity contribution >= 4 is 54.9 Å². The fourth-order valence-corrected chi connectivity index (χ4v) is 4.98. The predicted octanol–water partition coefficient (Wildman–Crippen LogP) is 4.14. The van der Waals surface area contributed by atoms with Crippen LogP contribution < -0.4 is 4.74 Å². The second-order valence-corrected chi connectivity index (χ2v) is 9.26. The van der Waals surface area contributed by atoms with Gasteiger partial charge in [0.1, 0.15) is 5.75 Å². The van der Waals surface area contributed by atoms with Gasteiger partial charge in [0.25, 0.3) is 15.9 Å². The van der Waals surface area contributed by atoms with Crippen molar-refractivity contribution in [1.82, 2.24) is 4.90 Å². The van der Waals surface area contributed by atoms with Crippen molar-refractivity contribution in [2.75, 3.05) is 13.7 Å². The fraction of sp³-hybridized carbons (Fsp3) is 0.158. The number of likely N-dealkylation sites (N-methyl/N-ethyl adjacent to an activating group) is 1. The molecular weight excluding hydrogens is 464 g/mol. The van der Waals surface area contributed by atoms with Gasteiger partial charge in [-0.3, -0.25) is 9.69 Å². The summed E-state index contributed by atoms with van der Waals surface area (Å²) in [4.78, 5) is 14.5. The first kappa shape index (κ1) is 20.6. The van der Waals surface area contributed by atoms with Gasteiger partial charge in [0.05, 0.1) is 16.9 Å². The van der Waals surface area contributed by atoms with E-state index in [4.69, 9.17) is 4.74 Å². The van der Waals surface area contributed by atoms with E-state index >= 15 is 0 Å². The SMILES string of the molecule is CCN1C(=O)/C(=C/c2ccc(OC)cc2)S/C1=N/S(=O)(=O)c1ccc(Br)cc1. The van der Waals surface area contributed by atoms with Gasteiger partial charge in [0.2, 0.25) is 0 Å². The monoisotopic (exact) mass is 480 g/mol. The van der Waals surface area contributed by atoms with Gasteiger partial charge in [-0.15, -0.1) is 4.40 Å². The van der Waals surface area contributed by atoms with E-state index < -0.39 is 10.0 Å². The minimum absolute atomic E-state index is 0.0693. The van der Waals surface area contributed by atoms with E-state index in [0.29, 0.717) is 17.2 Å². The summed E-state index contributed by atoms with van der Waals surface area (Å²) in [5, 5.41) is 0.148. The standard InChI is InChI=1S/C19H17BrN2O4S2/c1-3-22-18(23)17(12-13-4-8-15(26-2)9-5-13)27-19(22)21-28(24,25)16-10-6-14(20)7-11-16/h4-12H,3H2,1-2H3/b17-12-,21-19+. The first-order valence-corrected chi connectivity index (χ1v) is 11.3. The van der Waals surface area contributed by atoms with Crippen LogP contribution in [0.4, 0.5) is 0 Å². The number of hydrogen-bond acceptors (Lipinski definition) is 5. The Bertz CT molecular complexity index is 1050. The smallest absolute Gasteiger partial charge is 0.284 e. The number of methoxy groups -OCH3 is 1. The highest BCUT2D eigenvalue weighted by atomic mass is 79.9. The first-order chi connectivity index (χ1) is 13.3. The van der Waals surface area contributed by atoms with Gasteiger partial charge in [0.15, 0.2) is 5.17 Å². The third-order valence-electron chi connectivity index (χ3n) is 3.93. The van der Waals surface area contributed by atoms with Crippen molar-refractivity contribution in [2.24, 2.45) is 4.40 Å². The van der Waals surface area contributed by atoms with E-state index in [2.05, 4.69) is 20.3 Å². The Morgan fingerprint density at radius 3 is 2.36 bits per heavy atom. The van der Waals surface area contributed by atoms with Crippen LogP contribution in [0.1, 0.15) is 12.5 Å². The molecule has 2 aromatic carbocycles. The molecule has 0 radical (unpaired) electrons. The average molecular weight is 481 g/mol. The van der Waals surface area contributed by atoms with Crippen LogP contribution in [0, 0.1) is 0 Å². The number of halogens is 1. The molecule has 2 aromatic rings. The second kappa shape index (κ2) is 8.50. The molecule has 0 spiro atoms. The normalized spacial score (nSPS) is 17.5. The van der Waals surface area contributed by atoms with Crippen LogP contribution in [0.2, 0.25) is 0 Å². The number of benzene rings is 2. The molecule has 0 unspecified atom stereocenters. The van der Waals surface area contributed by atoms with Crippen LogP contribution in [0.5, 0.6) is 5.75 Å². The molecule has 0 atom stereocenters. The molecule has 0 aromatic heterocycles. The van der Waals surface area contributed by atoms with Gasteiger partial charge >= 0.3 is 0 Å². The summed E-state index contributed by atoms with van der Waals surface area (Å²) in [5.74, 6) is 0.443.